The van der Waals surface area contributed by atoms with Crippen LogP contribution >= 0.6 is 15.9 Å². The monoisotopic (exact) mass is 216 g/mol. The summed E-state index contributed by atoms with van der Waals surface area (Å²) in [6.45, 7) is 0.611. The Labute approximate surface area is 70.9 Å². The molecule has 1 N–H and O–H groups in total. The molecule has 1 aliphatic rings. The van der Waals surface area contributed by atoms with Crippen LogP contribution in [0.1, 0.15) is 6.42 Å². The number of aromatic nitrogens is 3. The highest BCUT2D eigenvalue weighted by Gasteiger charge is 2.18. The molecule has 0 bridgehead atoms. The molecular weight excluding hydrogens is 212 g/mol. The summed E-state index contributed by atoms with van der Waals surface area (Å²) in [4.78, 5) is 10.9. The first kappa shape index (κ1) is 6.78. The highest BCUT2D eigenvalue weighted by atomic mass is 79.9. The Morgan fingerprint density at radius 1 is 1.64 bits per heavy atom. The van der Waals surface area contributed by atoms with Crippen molar-refractivity contribution in [2.45, 2.75) is 13.0 Å². The Kier molecular flexibility index (Phi) is 1.42. The fraction of sp³-hybridized carbons (Fsp3) is 0.400. The zero-order valence-corrected chi connectivity index (χ0v) is 7.13. The lowest BCUT2D eigenvalue weighted by molar-refractivity contribution is -0.116. The van der Waals surface area contributed by atoms with Crippen LogP contribution in [0.25, 0.3) is 0 Å². The van der Waals surface area contributed by atoms with Crippen molar-refractivity contribution >= 4 is 27.7 Å². The van der Waals surface area contributed by atoms with Crippen molar-refractivity contribution in [2.24, 2.45) is 0 Å². The molecule has 0 saturated carbocycles. The van der Waals surface area contributed by atoms with Crippen molar-refractivity contribution in [3.05, 3.63) is 4.60 Å². The van der Waals surface area contributed by atoms with Gasteiger partial charge in [-0.2, -0.15) is 0 Å². The maximum Gasteiger partial charge on any atom is 0.227 e. The van der Waals surface area contributed by atoms with Gasteiger partial charge in [-0.05, 0) is 15.9 Å². The van der Waals surface area contributed by atoms with Gasteiger partial charge < -0.3 is 5.32 Å². The first-order valence-corrected chi connectivity index (χ1v) is 3.95. The number of nitrogens with zero attached hydrogens (tertiary/aromatic N) is 3. The molecule has 0 atom stereocenters. The average Bonchev–Trinajstić information content (AvgIpc) is 2.33. The molecule has 0 saturated heterocycles. The molecule has 5 nitrogen and oxygen atoms in total. The molecule has 0 unspecified atom stereocenters. The summed E-state index contributed by atoms with van der Waals surface area (Å²) >= 11 is 3.17. The second-order valence-corrected chi connectivity index (χ2v) is 3.00. The fourth-order valence-corrected chi connectivity index (χ4v) is 1.34. The molecule has 0 spiro atoms. The topological polar surface area (TPSA) is 59.8 Å². The molecule has 1 aromatic heterocycles. The van der Waals surface area contributed by atoms with Gasteiger partial charge in [-0.3, -0.25) is 4.79 Å². The van der Waals surface area contributed by atoms with E-state index in [4.69, 9.17) is 0 Å². The molecule has 1 aromatic rings. The maximum absolute atomic E-state index is 10.9. The number of hydrogen-bond acceptors (Lipinski definition) is 3. The second kappa shape index (κ2) is 2.30. The third-order valence-corrected chi connectivity index (χ3v) is 2.04. The lowest BCUT2D eigenvalue weighted by Gasteiger charge is -2.12. The zero-order valence-electron chi connectivity index (χ0n) is 5.54. The van der Waals surface area contributed by atoms with Crippen LogP contribution in [0.2, 0.25) is 0 Å². The van der Waals surface area contributed by atoms with Crippen LogP contribution in [0.15, 0.2) is 4.60 Å². The molecule has 0 radical (unpaired) electrons. The lowest BCUT2D eigenvalue weighted by Crippen LogP contribution is -2.23. The van der Waals surface area contributed by atoms with E-state index in [-0.39, 0.29) is 5.91 Å². The normalized spacial score (nSPS) is 15.9. The van der Waals surface area contributed by atoms with E-state index < -0.39 is 0 Å². The lowest BCUT2D eigenvalue weighted by atomic mass is 10.3. The third kappa shape index (κ3) is 1.03. The summed E-state index contributed by atoms with van der Waals surface area (Å²) < 4.78 is 2.25. The van der Waals surface area contributed by atoms with Crippen LogP contribution in [0, 0.1) is 0 Å². The molecule has 2 heterocycles. The smallest absolute Gasteiger partial charge is 0.227 e. The van der Waals surface area contributed by atoms with Crippen LogP contribution in [0.5, 0.6) is 0 Å². The summed E-state index contributed by atoms with van der Waals surface area (Å²) in [5, 5.41) is 10.2. The number of hydrogen-bond donors (Lipinski definition) is 1. The molecule has 0 aliphatic carbocycles. The molecular formula is C5H5BrN4O. The van der Waals surface area contributed by atoms with E-state index in [1.165, 1.54) is 0 Å². The molecule has 11 heavy (non-hydrogen) atoms. The minimum atomic E-state index is 0.0144. The van der Waals surface area contributed by atoms with Crippen molar-refractivity contribution in [3.63, 3.8) is 0 Å². The largest absolute Gasteiger partial charge is 0.309 e. The van der Waals surface area contributed by atoms with Gasteiger partial charge in [-0.1, -0.05) is 5.21 Å². The molecule has 2 rings (SSSR count). The highest BCUT2D eigenvalue weighted by molar-refractivity contribution is 9.10. The summed E-state index contributed by atoms with van der Waals surface area (Å²) in [6, 6.07) is 0. The molecule has 0 fully saturated rings. The molecule has 6 heteroatoms. The van der Waals surface area contributed by atoms with E-state index in [0.29, 0.717) is 23.4 Å². The van der Waals surface area contributed by atoms with Crippen LogP contribution in [0.4, 0.5) is 5.82 Å². The van der Waals surface area contributed by atoms with E-state index in [1.54, 1.807) is 4.68 Å². The van der Waals surface area contributed by atoms with Gasteiger partial charge in [0.2, 0.25) is 5.91 Å². The SMILES string of the molecule is O=C1CCn2nnc(Br)c2N1. The number of anilines is 1. The molecule has 1 amide bonds. The van der Waals surface area contributed by atoms with Crippen LogP contribution in [0.3, 0.4) is 0 Å². The Hall–Kier alpha value is -0.910. The molecule has 0 aromatic carbocycles. The van der Waals surface area contributed by atoms with Crippen LogP contribution in [-0.4, -0.2) is 20.9 Å². The van der Waals surface area contributed by atoms with Gasteiger partial charge in [0.15, 0.2) is 10.4 Å². The summed E-state index contributed by atoms with van der Waals surface area (Å²) in [7, 11) is 0. The zero-order chi connectivity index (χ0) is 7.84. The quantitative estimate of drug-likeness (QED) is 0.683. The minimum Gasteiger partial charge on any atom is -0.309 e. The number of carbonyl (C=O) groups excluding carboxylic acids is 1. The number of nitrogens with one attached hydrogen (secondary N) is 1. The number of fused-ring (bicyclic) bond motifs is 1. The Bertz CT molecular complexity index is 307. The van der Waals surface area contributed by atoms with E-state index in [1.807, 2.05) is 0 Å². The number of rotatable bonds is 0. The van der Waals surface area contributed by atoms with Gasteiger partial charge in [0.25, 0.3) is 0 Å². The Morgan fingerprint density at radius 2 is 2.45 bits per heavy atom. The molecule has 1 aliphatic heterocycles. The van der Waals surface area contributed by atoms with Crippen molar-refractivity contribution in [1.29, 1.82) is 0 Å². The predicted octanol–water partition coefficient (Wildman–Crippen LogP) is 0.383. The Balaban J connectivity index is 2.45. The molecule has 58 valence electrons. The summed E-state index contributed by atoms with van der Waals surface area (Å²) in [5.41, 5.74) is 0. The standard InChI is InChI=1S/C5H5BrN4O/c6-4-5-7-3(11)1-2-10(5)9-8-4/h1-2H2,(H,7,11). The predicted molar refractivity (Wildman–Crippen MR) is 41.0 cm³/mol. The number of halogens is 1. The third-order valence-electron chi connectivity index (χ3n) is 1.50. The first-order valence-electron chi connectivity index (χ1n) is 3.16. The van der Waals surface area contributed by atoms with Crippen molar-refractivity contribution < 1.29 is 4.79 Å². The van der Waals surface area contributed by atoms with Gasteiger partial charge in [-0.15, -0.1) is 5.10 Å². The van der Waals surface area contributed by atoms with Gasteiger partial charge in [0.05, 0.1) is 6.54 Å². The average molecular weight is 217 g/mol. The number of aryl methyl sites for hydroxylation is 1. The summed E-state index contributed by atoms with van der Waals surface area (Å²) in [6.07, 6.45) is 0.475. The summed E-state index contributed by atoms with van der Waals surface area (Å²) in [5.74, 6) is 0.668. The number of amides is 1. The van der Waals surface area contributed by atoms with E-state index in [9.17, 15) is 4.79 Å². The van der Waals surface area contributed by atoms with Gasteiger partial charge >= 0.3 is 0 Å². The van der Waals surface area contributed by atoms with Gasteiger partial charge in [0.1, 0.15) is 0 Å². The maximum atomic E-state index is 10.9. The van der Waals surface area contributed by atoms with E-state index in [2.05, 4.69) is 31.6 Å². The van der Waals surface area contributed by atoms with E-state index >= 15 is 0 Å². The highest BCUT2D eigenvalue weighted by Crippen LogP contribution is 2.21. The number of carbonyl (C=O) groups is 1. The van der Waals surface area contributed by atoms with Crippen LogP contribution < -0.4 is 5.32 Å². The fourth-order valence-electron chi connectivity index (χ4n) is 0.966. The van der Waals surface area contributed by atoms with Gasteiger partial charge in [0, 0.05) is 6.42 Å². The van der Waals surface area contributed by atoms with Crippen molar-refractivity contribution in [1.82, 2.24) is 15.0 Å². The van der Waals surface area contributed by atoms with Crippen molar-refractivity contribution in [3.8, 4) is 0 Å². The minimum absolute atomic E-state index is 0.0144. The van der Waals surface area contributed by atoms with Gasteiger partial charge in [-0.25, -0.2) is 4.68 Å². The Morgan fingerprint density at radius 3 is 3.27 bits per heavy atom. The first-order chi connectivity index (χ1) is 5.27. The van der Waals surface area contributed by atoms with Crippen molar-refractivity contribution in [2.75, 3.05) is 5.32 Å². The van der Waals surface area contributed by atoms with Crippen LogP contribution in [-0.2, 0) is 11.3 Å². The van der Waals surface area contributed by atoms with E-state index in [0.717, 1.165) is 0 Å². The second-order valence-electron chi connectivity index (χ2n) is 2.25.